The van der Waals surface area contributed by atoms with E-state index in [1.807, 2.05) is 0 Å². The van der Waals surface area contributed by atoms with E-state index in [9.17, 15) is 30.7 Å². The molecular weight excluding hydrogens is 289 g/mol. The van der Waals surface area contributed by atoms with Gasteiger partial charge in [-0.05, 0) is 17.9 Å². The van der Waals surface area contributed by atoms with Gasteiger partial charge in [0.05, 0.1) is 0 Å². The van der Waals surface area contributed by atoms with Crippen molar-refractivity contribution >= 4 is 0 Å². The van der Waals surface area contributed by atoms with Crippen molar-refractivity contribution in [1.82, 2.24) is 0 Å². The normalized spacial score (nSPS) is 15.2. The fraction of sp³-hybridized carbons (Fsp3) is 0.538. The maximum Gasteiger partial charge on any atom is 0.435 e. The van der Waals surface area contributed by atoms with Gasteiger partial charge in [-0.3, -0.25) is 0 Å². The second-order valence-corrected chi connectivity index (χ2v) is 4.59. The molecule has 0 radical (unpaired) electrons. The first-order valence-corrected chi connectivity index (χ1v) is 5.88. The highest BCUT2D eigenvalue weighted by Gasteiger charge is 2.73. The Balaban J connectivity index is 3.45. The van der Waals surface area contributed by atoms with Gasteiger partial charge in [-0.15, -0.1) is 0 Å². The summed E-state index contributed by atoms with van der Waals surface area (Å²) in [4.78, 5) is 0. The lowest BCUT2D eigenvalue weighted by molar-refractivity contribution is -0.348. The number of rotatable bonds is 3. The van der Waals surface area contributed by atoms with Gasteiger partial charge in [0.2, 0.25) is 0 Å². The van der Waals surface area contributed by atoms with Crippen LogP contribution in [0.1, 0.15) is 37.3 Å². The lowest BCUT2D eigenvalue weighted by atomic mass is 9.89. The van der Waals surface area contributed by atoms with Gasteiger partial charge in [0.25, 0.3) is 0 Å². The Hall–Kier alpha value is -1.27. The summed E-state index contributed by atoms with van der Waals surface area (Å²) >= 11 is 0. The zero-order chi connectivity index (χ0) is 15.8. The van der Waals surface area contributed by atoms with Crippen LogP contribution in [0.4, 0.5) is 30.7 Å². The smallest absolute Gasteiger partial charge is 0.218 e. The number of halogens is 7. The standard InChI is InChI=1S/C13H13F7/c1-3-8(2)9-5-4-6-10(7-9)11(14,12(15,16)17)13(18,19)20/h4-8H,3H2,1-2H3. The van der Waals surface area contributed by atoms with E-state index >= 15 is 0 Å². The van der Waals surface area contributed by atoms with Crippen LogP contribution in [0.2, 0.25) is 0 Å². The van der Waals surface area contributed by atoms with Crippen LogP contribution in [0.25, 0.3) is 0 Å². The molecule has 0 heterocycles. The Morgan fingerprint density at radius 3 is 1.85 bits per heavy atom. The molecule has 0 saturated heterocycles. The second-order valence-electron chi connectivity index (χ2n) is 4.59. The summed E-state index contributed by atoms with van der Waals surface area (Å²) in [6.07, 6.45) is -11.6. The van der Waals surface area contributed by atoms with Crippen molar-refractivity contribution in [3.05, 3.63) is 35.4 Å². The first-order valence-electron chi connectivity index (χ1n) is 5.88. The van der Waals surface area contributed by atoms with Gasteiger partial charge in [-0.1, -0.05) is 38.1 Å². The van der Waals surface area contributed by atoms with Crippen molar-refractivity contribution in [2.75, 3.05) is 0 Å². The Labute approximate surface area is 111 Å². The van der Waals surface area contributed by atoms with E-state index in [2.05, 4.69) is 0 Å². The van der Waals surface area contributed by atoms with Gasteiger partial charge in [0, 0.05) is 5.56 Å². The van der Waals surface area contributed by atoms with Crippen molar-refractivity contribution in [2.24, 2.45) is 0 Å². The zero-order valence-corrected chi connectivity index (χ0v) is 10.7. The molecule has 1 atom stereocenters. The molecule has 0 nitrogen and oxygen atoms in total. The van der Waals surface area contributed by atoms with E-state index in [0.717, 1.165) is 6.07 Å². The van der Waals surface area contributed by atoms with Crippen LogP contribution in [0, 0.1) is 0 Å². The first-order chi connectivity index (χ1) is 8.95. The van der Waals surface area contributed by atoms with Crippen LogP contribution < -0.4 is 0 Å². The molecular formula is C13H13F7. The number of hydrogen-bond donors (Lipinski definition) is 0. The molecule has 1 aromatic carbocycles. The third kappa shape index (κ3) is 2.76. The molecule has 0 aromatic heterocycles. The maximum absolute atomic E-state index is 13.8. The Bertz CT molecular complexity index is 445. The van der Waals surface area contributed by atoms with Crippen LogP contribution >= 0.6 is 0 Å². The van der Waals surface area contributed by atoms with E-state index in [1.165, 1.54) is 6.07 Å². The average molecular weight is 302 g/mol. The molecule has 0 fully saturated rings. The third-order valence-corrected chi connectivity index (χ3v) is 3.25. The van der Waals surface area contributed by atoms with Gasteiger partial charge in [0.15, 0.2) is 0 Å². The van der Waals surface area contributed by atoms with Gasteiger partial charge in [-0.2, -0.15) is 26.3 Å². The van der Waals surface area contributed by atoms with E-state index in [4.69, 9.17) is 0 Å². The van der Waals surface area contributed by atoms with Gasteiger partial charge in [0.1, 0.15) is 0 Å². The fourth-order valence-corrected chi connectivity index (χ4v) is 1.78. The van der Waals surface area contributed by atoms with E-state index in [1.54, 1.807) is 13.8 Å². The second kappa shape index (κ2) is 5.26. The van der Waals surface area contributed by atoms with Crippen molar-refractivity contribution in [2.45, 2.75) is 44.2 Å². The molecule has 0 amide bonds. The van der Waals surface area contributed by atoms with E-state index in [-0.39, 0.29) is 11.5 Å². The van der Waals surface area contributed by atoms with Gasteiger partial charge in [-0.25, -0.2) is 4.39 Å². The van der Waals surface area contributed by atoms with Gasteiger partial charge < -0.3 is 0 Å². The lowest BCUT2D eigenvalue weighted by Gasteiger charge is -2.30. The minimum atomic E-state index is -6.07. The predicted molar refractivity (Wildman–Crippen MR) is 60.0 cm³/mol. The van der Waals surface area contributed by atoms with Crippen LogP contribution in [0.3, 0.4) is 0 Å². The highest BCUT2D eigenvalue weighted by molar-refractivity contribution is 5.33. The summed E-state index contributed by atoms with van der Waals surface area (Å²) < 4.78 is 89.5. The molecule has 1 aromatic rings. The fourth-order valence-electron chi connectivity index (χ4n) is 1.78. The maximum atomic E-state index is 13.8. The monoisotopic (exact) mass is 302 g/mol. The topological polar surface area (TPSA) is 0 Å². The molecule has 0 N–H and O–H groups in total. The molecule has 0 bridgehead atoms. The quantitative estimate of drug-likeness (QED) is 0.648. The average Bonchev–Trinajstić information content (AvgIpc) is 2.34. The highest BCUT2D eigenvalue weighted by atomic mass is 19.4. The lowest BCUT2D eigenvalue weighted by Crippen LogP contribution is -2.50. The molecule has 1 rings (SSSR count). The highest BCUT2D eigenvalue weighted by Crippen LogP contribution is 2.53. The van der Waals surface area contributed by atoms with Crippen molar-refractivity contribution < 1.29 is 30.7 Å². The largest absolute Gasteiger partial charge is 0.435 e. The van der Waals surface area contributed by atoms with Crippen LogP contribution in [-0.2, 0) is 5.67 Å². The van der Waals surface area contributed by atoms with E-state index < -0.39 is 23.6 Å². The summed E-state index contributed by atoms with van der Waals surface area (Å²) in [6.45, 7) is 3.37. The minimum absolute atomic E-state index is 0.237. The van der Waals surface area contributed by atoms with Crippen molar-refractivity contribution in [3.63, 3.8) is 0 Å². The minimum Gasteiger partial charge on any atom is -0.218 e. The van der Waals surface area contributed by atoms with Crippen molar-refractivity contribution in [3.8, 4) is 0 Å². The molecule has 7 heteroatoms. The summed E-state index contributed by atoms with van der Waals surface area (Å²) in [6, 6.07) is 3.52. The van der Waals surface area contributed by atoms with Crippen LogP contribution in [0.5, 0.6) is 0 Å². The number of hydrogen-bond acceptors (Lipinski definition) is 0. The van der Waals surface area contributed by atoms with Crippen LogP contribution in [0.15, 0.2) is 24.3 Å². The Kier molecular flexibility index (Phi) is 4.41. The summed E-state index contributed by atoms with van der Waals surface area (Å²) in [7, 11) is 0. The summed E-state index contributed by atoms with van der Waals surface area (Å²) in [5, 5.41) is 0. The number of alkyl halides is 7. The molecule has 114 valence electrons. The van der Waals surface area contributed by atoms with Crippen LogP contribution in [-0.4, -0.2) is 12.4 Å². The molecule has 0 saturated carbocycles. The Morgan fingerprint density at radius 1 is 0.950 bits per heavy atom. The molecule has 0 spiro atoms. The zero-order valence-electron chi connectivity index (χ0n) is 10.7. The third-order valence-electron chi connectivity index (χ3n) is 3.25. The first kappa shape index (κ1) is 16.8. The predicted octanol–water partition coefficient (Wildman–Crippen LogP) is 5.49. The van der Waals surface area contributed by atoms with Gasteiger partial charge >= 0.3 is 18.0 Å². The molecule has 20 heavy (non-hydrogen) atoms. The SMILES string of the molecule is CCC(C)c1cccc(C(F)(C(F)(F)F)C(F)(F)F)c1. The summed E-state index contributed by atoms with van der Waals surface area (Å²) in [5.74, 6) is -0.263. The number of benzene rings is 1. The molecule has 1 unspecified atom stereocenters. The molecule has 0 aliphatic rings. The van der Waals surface area contributed by atoms with Crippen molar-refractivity contribution in [1.29, 1.82) is 0 Å². The molecule has 0 aliphatic carbocycles. The molecule has 0 aliphatic heterocycles. The van der Waals surface area contributed by atoms with E-state index in [0.29, 0.717) is 18.6 Å². The Morgan fingerprint density at radius 2 is 1.45 bits per heavy atom. The summed E-state index contributed by atoms with van der Waals surface area (Å²) in [5.41, 5.74) is -6.56.